The molecule has 1 aliphatic heterocycles. The molecule has 0 bridgehead atoms. The van der Waals surface area contributed by atoms with E-state index in [0.29, 0.717) is 6.10 Å². The molecule has 1 rings (SSSR count). The monoisotopic (exact) mass is 127 g/mol. The highest BCUT2D eigenvalue weighted by Crippen LogP contribution is 2.16. The average molecular weight is 127 g/mol. The van der Waals surface area contributed by atoms with Crippen LogP contribution in [0.25, 0.3) is 0 Å². The Kier molecular flexibility index (Phi) is 2.56. The van der Waals surface area contributed by atoms with Crippen molar-refractivity contribution < 1.29 is 4.74 Å². The van der Waals surface area contributed by atoms with Gasteiger partial charge in [-0.05, 0) is 6.42 Å². The summed E-state index contributed by atoms with van der Waals surface area (Å²) in [5, 5.41) is 0. The van der Waals surface area contributed by atoms with Gasteiger partial charge in [0.2, 0.25) is 0 Å². The number of unbranched alkanes of at least 4 members (excludes halogenated alkanes) is 1. The summed E-state index contributed by atoms with van der Waals surface area (Å²) in [7, 11) is 3.42. The van der Waals surface area contributed by atoms with Crippen molar-refractivity contribution in [1.82, 2.24) is 0 Å². The van der Waals surface area contributed by atoms with Gasteiger partial charge in [0, 0.05) is 10.2 Å². The molecule has 1 saturated heterocycles. The summed E-state index contributed by atoms with van der Waals surface area (Å²) in [6.07, 6.45) is 4.50. The maximum Gasteiger partial charge on any atom is 0.0810 e. The van der Waals surface area contributed by atoms with Crippen LogP contribution in [-0.4, -0.2) is 23.0 Å². The summed E-state index contributed by atoms with van der Waals surface area (Å²) in [5.41, 5.74) is 0. The van der Waals surface area contributed by atoms with Crippen molar-refractivity contribution >= 4 is 10.2 Å². The topological polar surface area (TPSA) is 12.5 Å². The second kappa shape index (κ2) is 3.25. The van der Waals surface area contributed by atoms with Crippen LogP contribution in [0.2, 0.25) is 6.04 Å². The molecule has 3 radical (unpaired) electrons. The van der Waals surface area contributed by atoms with Crippen LogP contribution in [0.1, 0.15) is 19.3 Å². The van der Waals surface area contributed by atoms with Gasteiger partial charge >= 0.3 is 0 Å². The molecule has 1 heterocycles. The average Bonchev–Trinajstić information content (AvgIpc) is 2.51. The van der Waals surface area contributed by atoms with Crippen molar-refractivity contribution in [2.45, 2.75) is 31.4 Å². The smallest absolute Gasteiger partial charge is 0.0810 e. The van der Waals surface area contributed by atoms with E-state index < -0.39 is 0 Å². The van der Waals surface area contributed by atoms with Gasteiger partial charge in [-0.15, -0.1) is 0 Å². The second-order valence-corrected chi connectivity index (χ2v) is 2.70. The predicted molar refractivity (Wildman–Crippen MR) is 34.2 cm³/mol. The van der Waals surface area contributed by atoms with Crippen LogP contribution < -0.4 is 0 Å². The van der Waals surface area contributed by atoms with E-state index in [1.54, 1.807) is 0 Å². The summed E-state index contributed by atoms with van der Waals surface area (Å²) in [6.45, 7) is 1.02. The predicted octanol–water partition coefficient (Wildman–Crippen LogP) is 1.14. The fourth-order valence-electron chi connectivity index (χ4n) is 0.732. The standard InChI is InChI=1S/C6H11OSi/c8-4-2-1-3-6-5-7-6/h6H,1-5H2. The molecule has 0 aromatic rings. The van der Waals surface area contributed by atoms with Crippen LogP contribution in [0.5, 0.6) is 0 Å². The Hall–Kier alpha value is 0.177. The minimum atomic E-state index is 0.633. The molecule has 0 saturated carbocycles. The molecule has 0 aromatic heterocycles. The number of hydrogen-bond acceptors (Lipinski definition) is 1. The van der Waals surface area contributed by atoms with Gasteiger partial charge in [-0.2, -0.15) is 0 Å². The molecule has 8 heavy (non-hydrogen) atoms. The highest BCUT2D eigenvalue weighted by Gasteiger charge is 2.20. The Morgan fingerprint density at radius 2 is 2.25 bits per heavy atom. The van der Waals surface area contributed by atoms with Gasteiger partial charge in [-0.3, -0.25) is 0 Å². The molecule has 1 nitrogen and oxygen atoms in total. The molecular formula is C6H11OSi. The number of hydrogen-bond donors (Lipinski definition) is 0. The van der Waals surface area contributed by atoms with E-state index in [1.807, 2.05) is 0 Å². The fraction of sp³-hybridized carbons (Fsp3) is 1.00. The minimum absolute atomic E-state index is 0.633. The number of rotatable bonds is 4. The van der Waals surface area contributed by atoms with Gasteiger partial charge in [0.25, 0.3) is 0 Å². The molecule has 45 valence electrons. The third-order valence-electron chi connectivity index (χ3n) is 1.36. The summed E-state index contributed by atoms with van der Waals surface area (Å²) in [4.78, 5) is 0. The molecule has 0 aliphatic carbocycles. The van der Waals surface area contributed by atoms with Gasteiger partial charge in [-0.1, -0.05) is 18.9 Å². The first-order valence-corrected chi connectivity index (χ1v) is 3.90. The van der Waals surface area contributed by atoms with Gasteiger partial charge in [0.1, 0.15) is 0 Å². The van der Waals surface area contributed by atoms with E-state index in [1.165, 1.54) is 19.3 Å². The van der Waals surface area contributed by atoms with Crippen LogP contribution in [0, 0.1) is 0 Å². The first-order chi connectivity index (χ1) is 3.93. The van der Waals surface area contributed by atoms with Gasteiger partial charge in [0.05, 0.1) is 12.7 Å². The van der Waals surface area contributed by atoms with Gasteiger partial charge in [-0.25, -0.2) is 0 Å². The summed E-state index contributed by atoms with van der Waals surface area (Å²) >= 11 is 0. The summed E-state index contributed by atoms with van der Waals surface area (Å²) in [6, 6.07) is 1.13. The number of ether oxygens (including phenoxy) is 1. The lowest BCUT2D eigenvalue weighted by atomic mass is 10.2. The van der Waals surface area contributed by atoms with Crippen LogP contribution in [0.15, 0.2) is 0 Å². The highest BCUT2D eigenvalue weighted by atomic mass is 28.1. The lowest BCUT2D eigenvalue weighted by molar-refractivity contribution is 0.391. The van der Waals surface area contributed by atoms with E-state index in [-0.39, 0.29) is 0 Å². The highest BCUT2D eigenvalue weighted by molar-refractivity contribution is 6.08. The van der Waals surface area contributed by atoms with E-state index in [2.05, 4.69) is 10.2 Å². The normalized spacial score (nSPS) is 25.9. The zero-order valence-electron chi connectivity index (χ0n) is 5.02. The van der Waals surface area contributed by atoms with Crippen molar-refractivity contribution in [2.75, 3.05) is 6.61 Å². The third-order valence-corrected chi connectivity index (χ3v) is 1.71. The minimum Gasteiger partial charge on any atom is -0.373 e. The van der Waals surface area contributed by atoms with Crippen molar-refractivity contribution in [3.63, 3.8) is 0 Å². The summed E-state index contributed by atoms with van der Waals surface area (Å²) in [5.74, 6) is 0. The van der Waals surface area contributed by atoms with Crippen LogP contribution in [0.3, 0.4) is 0 Å². The van der Waals surface area contributed by atoms with E-state index in [0.717, 1.165) is 12.7 Å². The molecule has 0 spiro atoms. The van der Waals surface area contributed by atoms with Crippen molar-refractivity contribution in [3.05, 3.63) is 0 Å². The van der Waals surface area contributed by atoms with E-state index >= 15 is 0 Å². The molecule has 0 amide bonds. The van der Waals surface area contributed by atoms with Crippen molar-refractivity contribution in [1.29, 1.82) is 0 Å². The largest absolute Gasteiger partial charge is 0.373 e. The third kappa shape index (κ3) is 2.48. The van der Waals surface area contributed by atoms with E-state index in [9.17, 15) is 0 Å². The number of epoxide rings is 1. The molecule has 1 fully saturated rings. The first-order valence-electron chi connectivity index (χ1n) is 3.19. The Balaban J connectivity index is 1.74. The Morgan fingerprint density at radius 1 is 1.50 bits per heavy atom. The van der Waals surface area contributed by atoms with Crippen molar-refractivity contribution in [3.8, 4) is 0 Å². The van der Waals surface area contributed by atoms with Crippen LogP contribution in [-0.2, 0) is 4.74 Å². The fourth-order valence-corrected chi connectivity index (χ4v) is 0.982. The molecule has 2 heteroatoms. The summed E-state index contributed by atoms with van der Waals surface area (Å²) < 4.78 is 5.04. The van der Waals surface area contributed by atoms with Crippen LogP contribution in [0.4, 0.5) is 0 Å². The zero-order chi connectivity index (χ0) is 5.82. The SMILES string of the molecule is [Si]CCCCC1CO1. The molecule has 1 unspecified atom stereocenters. The molecule has 0 aromatic carbocycles. The first kappa shape index (κ1) is 6.30. The Bertz CT molecular complexity index is 61.5. The maximum atomic E-state index is 5.04. The van der Waals surface area contributed by atoms with Gasteiger partial charge < -0.3 is 4.74 Å². The van der Waals surface area contributed by atoms with Crippen LogP contribution >= 0.6 is 0 Å². The Morgan fingerprint density at radius 3 is 2.75 bits per heavy atom. The molecule has 1 aliphatic rings. The van der Waals surface area contributed by atoms with Crippen molar-refractivity contribution in [2.24, 2.45) is 0 Å². The quantitative estimate of drug-likeness (QED) is 0.313. The molecule has 0 N–H and O–H groups in total. The lowest BCUT2D eigenvalue weighted by Crippen LogP contribution is -1.83. The molecule has 1 atom stereocenters. The van der Waals surface area contributed by atoms with E-state index in [4.69, 9.17) is 4.74 Å². The second-order valence-electron chi connectivity index (χ2n) is 2.20. The molecular weight excluding hydrogens is 116 g/mol. The zero-order valence-corrected chi connectivity index (χ0v) is 6.02. The van der Waals surface area contributed by atoms with Gasteiger partial charge in [0.15, 0.2) is 0 Å². The maximum absolute atomic E-state index is 5.04. The lowest BCUT2D eigenvalue weighted by Gasteiger charge is -1.90. The Labute approximate surface area is 53.8 Å².